The summed E-state index contributed by atoms with van der Waals surface area (Å²) in [5, 5.41) is 11.6. The summed E-state index contributed by atoms with van der Waals surface area (Å²) in [5.74, 6) is -1.02. The molecule has 0 saturated heterocycles. The number of hydrogen-bond acceptors (Lipinski definition) is 4. The van der Waals surface area contributed by atoms with Gasteiger partial charge in [0.05, 0.1) is 12.5 Å². The van der Waals surface area contributed by atoms with E-state index in [0.29, 0.717) is 24.3 Å². The number of carboxylic acid groups (broad SMARTS) is 1. The number of carbonyl (C=O) groups is 2. The zero-order chi connectivity index (χ0) is 16.7. The minimum Gasteiger partial charge on any atom is -0.481 e. The van der Waals surface area contributed by atoms with E-state index in [1.807, 2.05) is 26.0 Å². The van der Waals surface area contributed by atoms with Gasteiger partial charge in [0.25, 0.3) is 0 Å². The summed E-state index contributed by atoms with van der Waals surface area (Å²) in [6.45, 7) is 4.25. The number of amides is 1. The molecule has 1 aromatic carbocycles. The Labute approximate surface area is 131 Å². The number of nitrogens with zero attached hydrogens (tertiary/aromatic N) is 1. The monoisotopic (exact) mass is 307 g/mol. The Morgan fingerprint density at radius 1 is 1.36 bits per heavy atom. The molecule has 1 rings (SSSR count). The Hall–Kier alpha value is -2.08. The van der Waals surface area contributed by atoms with Gasteiger partial charge in [0.2, 0.25) is 5.91 Å². The van der Waals surface area contributed by atoms with Crippen molar-refractivity contribution >= 4 is 23.3 Å². The standard InChI is InChI=1S/C16H25N3O3/c1-4-11-6-7-12(10-13(11)17)18-16(22)14(5-2)19(3)9-8-15(20)21/h6-7,10,14H,4-5,8-9,17H2,1-3H3,(H,18,22)(H,20,21). The summed E-state index contributed by atoms with van der Waals surface area (Å²) in [7, 11) is 1.76. The van der Waals surface area contributed by atoms with Crippen LogP contribution in [-0.4, -0.2) is 41.5 Å². The second kappa shape index (κ2) is 8.38. The average molecular weight is 307 g/mol. The number of benzene rings is 1. The molecule has 1 unspecified atom stereocenters. The molecule has 0 bridgehead atoms. The normalized spacial score (nSPS) is 12.2. The van der Waals surface area contributed by atoms with Crippen LogP contribution in [-0.2, 0) is 16.0 Å². The minimum absolute atomic E-state index is 0.0123. The molecule has 0 aliphatic heterocycles. The molecule has 22 heavy (non-hydrogen) atoms. The molecule has 0 saturated carbocycles. The molecule has 0 heterocycles. The molecule has 0 radical (unpaired) electrons. The maximum atomic E-state index is 12.4. The maximum absolute atomic E-state index is 12.4. The minimum atomic E-state index is -0.870. The van der Waals surface area contributed by atoms with Crippen LogP contribution in [0.2, 0.25) is 0 Å². The van der Waals surface area contributed by atoms with E-state index in [1.54, 1.807) is 18.0 Å². The Morgan fingerprint density at radius 3 is 2.55 bits per heavy atom. The van der Waals surface area contributed by atoms with E-state index in [9.17, 15) is 9.59 Å². The summed E-state index contributed by atoms with van der Waals surface area (Å²) in [6.07, 6.45) is 1.46. The average Bonchev–Trinajstić information content (AvgIpc) is 2.46. The number of likely N-dealkylation sites (N-methyl/N-ethyl adjacent to an activating group) is 1. The van der Waals surface area contributed by atoms with Crippen molar-refractivity contribution < 1.29 is 14.7 Å². The van der Waals surface area contributed by atoms with Crippen LogP contribution in [0.1, 0.15) is 32.3 Å². The van der Waals surface area contributed by atoms with Gasteiger partial charge in [-0.1, -0.05) is 19.9 Å². The highest BCUT2D eigenvalue weighted by Gasteiger charge is 2.21. The van der Waals surface area contributed by atoms with Crippen LogP contribution >= 0.6 is 0 Å². The quantitative estimate of drug-likeness (QED) is 0.638. The zero-order valence-corrected chi connectivity index (χ0v) is 13.4. The Morgan fingerprint density at radius 2 is 2.05 bits per heavy atom. The zero-order valence-electron chi connectivity index (χ0n) is 13.4. The number of aliphatic carboxylic acids is 1. The molecular formula is C16H25N3O3. The summed E-state index contributed by atoms with van der Waals surface area (Å²) in [6, 6.07) is 5.11. The lowest BCUT2D eigenvalue weighted by atomic mass is 10.1. The van der Waals surface area contributed by atoms with Crippen molar-refractivity contribution in [1.82, 2.24) is 4.90 Å². The van der Waals surface area contributed by atoms with Crippen LogP contribution in [0.5, 0.6) is 0 Å². The second-order valence-corrected chi connectivity index (χ2v) is 5.30. The van der Waals surface area contributed by atoms with Gasteiger partial charge in [0.1, 0.15) is 0 Å². The van der Waals surface area contributed by atoms with Crippen LogP contribution in [0.15, 0.2) is 18.2 Å². The number of nitrogens with one attached hydrogen (secondary N) is 1. The molecule has 6 heteroatoms. The number of aryl methyl sites for hydroxylation is 1. The fourth-order valence-electron chi connectivity index (χ4n) is 2.35. The lowest BCUT2D eigenvalue weighted by molar-refractivity contribution is -0.137. The third-order valence-corrected chi connectivity index (χ3v) is 3.69. The van der Waals surface area contributed by atoms with Gasteiger partial charge >= 0.3 is 5.97 Å². The summed E-state index contributed by atoms with van der Waals surface area (Å²) in [5.41, 5.74) is 8.29. The summed E-state index contributed by atoms with van der Waals surface area (Å²) in [4.78, 5) is 24.7. The van der Waals surface area contributed by atoms with Crippen molar-refractivity contribution in [2.45, 2.75) is 39.2 Å². The second-order valence-electron chi connectivity index (χ2n) is 5.30. The molecule has 0 aliphatic carbocycles. The van der Waals surface area contributed by atoms with Gasteiger partial charge in [0, 0.05) is 17.9 Å². The highest BCUT2D eigenvalue weighted by Crippen LogP contribution is 2.19. The van der Waals surface area contributed by atoms with E-state index in [2.05, 4.69) is 5.32 Å². The van der Waals surface area contributed by atoms with Crippen LogP contribution in [0.4, 0.5) is 11.4 Å². The van der Waals surface area contributed by atoms with Gasteiger partial charge in [-0.05, 0) is 37.6 Å². The first-order chi connectivity index (χ1) is 10.4. The van der Waals surface area contributed by atoms with Crippen molar-refractivity contribution in [3.8, 4) is 0 Å². The first-order valence-electron chi connectivity index (χ1n) is 7.50. The molecule has 0 fully saturated rings. The number of hydrogen-bond donors (Lipinski definition) is 3. The van der Waals surface area contributed by atoms with Crippen LogP contribution in [0.3, 0.4) is 0 Å². The van der Waals surface area contributed by atoms with Crippen molar-refractivity contribution in [2.24, 2.45) is 0 Å². The number of carbonyl (C=O) groups excluding carboxylic acids is 1. The van der Waals surface area contributed by atoms with Crippen LogP contribution in [0.25, 0.3) is 0 Å². The molecule has 4 N–H and O–H groups in total. The molecule has 122 valence electrons. The van der Waals surface area contributed by atoms with Crippen LogP contribution < -0.4 is 11.1 Å². The van der Waals surface area contributed by atoms with Gasteiger partial charge in [-0.15, -0.1) is 0 Å². The van der Waals surface area contributed by atoms with Crippen molar-refractivity contribution in [3.05, 3.63) is 23.8 Å². The highest BCUT2D eigenvalue weighted by molar-refractivity contribution is 5.95. The fraction of sp³-hybridized carbons (Fsp3) is 0.500. The molecule has 0 aromatic heterocycles. The van der Waals surface area contributed by atoms with E-state index in [1.165, 1.54) is 0 Å². The Bertz CT molecular complexity index is 531. The van der Waals surface area contributed by atoms with Gasteiger partial charge < -0.3 is 16.2 Å². The van der Waals surface area contributed by atoms with Gasteiger partial charge in [-0.2, -0.15) is 0 Å². The summed E-state index contributed by atoms with van der Waals surface area (Å²) < 4.78 is 0. The van der Waals surface area contributed by atoms with Crippen molar-refractivity contribution in [3.63, 3.8) is 0 Å². The lowest BCUT2D eigenvalue weighted by Gasteiger charge is -2.25. The predicted octanol–water partition coefficient (Wildman–Crippen LogP) is 1.95. The molecule has 1 aromatic rings. The molecule has 0 spiro atoms. The lowest BCUT2D eigenvalue weighted by Crippen LogP contribution is -2.42. The third-order valence-electron chi connectivity index (χ3n) is 3.69. The maximum Gasteiger partial charge on any atom is 0.304 e. The van der Waals surface area contributed by atoms with E-state index in [0.717, 1.165) is 12.0 Å². The van der Waals surface area contributed by atoms with Crippen LogP contribution in [0, 0.1) is 0 Å². The van der Waals surface area contributed by atoms with E-state index in [-0.39, 0.29) is 18.4 Å². The molecule has 1 amide bonds. The fourth-order valence-corrected chi connectivity index (χ4v) is 2.35. The third kappa shape index (κ3) is 5.04. The highest BCUT2D eigenvalue weighted by atomic mass is 16.4. The molecule has 6 nitrogen and oxygen atoms in total. The number of nitrogen functional groups attached to an aromatic ring is 1. The smallest absolute Gasteiger partial charge is 0.304 e. The molecule has 1 atom stereocenters. The first kappa shape index (κ1) is 18.0. The van der Waals surface area contributed by atoms with E-state index in [4.69, 9.17) is 10.8 Å². The number of rotatable bonds is 8. The van der Waals surface area contributed by atoms with E-state index >= 15 is 0 Å². The van der Waals surface area contributed by atoms with Gasteiger partial charge in [0.15, 0.2) is 0 Å². The topological polar surface area (TPSA) is 95.7 Å². The Kier molecular flexibility index (Phi) is 6.85. The van der Waals surface area contributed by atoms with E-state index < -0.39 is 5.97 Å². The first-order valence-corrected chi connectivity index (χ1v) is 7.50. The predicted molar refractivity (Wildman–Crippen MR) is 87.8 cm³/mol. The SMILES string of the molecule is CCc1ccc(NC(=O)C(CC)N(C)CCC(=O)O)cc1N. The number of nitrogens with two attached hydrogens (primary N) is 1. The van der Waals surface area contributed by atoms with Gasteiger partial charge in [-0.25, -0.2) is 0 Å². The van der Waals surface area contributed by atoms with Crippen molar-refractivity contribution in [1.29, 1.82) is 0 Å². The van der Waals surface area contributed by atoms with Gasteiger partial charge in [-0.3, -0.25) is 14.5 Å². The largest absolute Gasteiger partial charge is 0.481 e. The molecular weight excluding hydrogens is 282 g/mol. The summed E-state index contributed by atoms with van der Waals surface area (Å²) >= 11 is 0. The van der Waals surface area contributed by atoms with Crippen molar-refractivity contribution in [2.75, 3.05) is 24.6 Å². The number of anilines is 2. The number of carboxylic acids is 1. The Balaban J connectivity index is 2.72. The molecule has 0 aliphatic rings.